The van der Waals surface area contributed by atoms with Crippen molar-refractivity contribution in [3.05, 3.63) is 0 Å². The summed E-state index contributed by atoms with van der Waals surface area (Å²) >= 11 is 0. The summed E-state index contributed by atoms with van der Waals surface area (Å²) in [4.78, 5) is 11.3. The van der Waals surface area contributed by atoms with Gasteiger partial charge in [0.05, 0.1) is 6.04 Å². The Kier molecular flexibility index (Phi) is 2.66. The van der Waals surface area contributed by atoms with Gasteiger partial charge in [-0.05, 0) is 24.7 Å². The molecule has 1 saturated carbocycles. The summed E-state index contributed by atoms with van der Waals surface area (Å²) in [6, 6.07) is -0.226. The second-order valence-electron chi connectivity index (χ2n) is 3.88. The van der Waals surface area contributed by atoms with Crippen molar-refractivity contribution in [3.8, 4) is 0 Å². The Labute approximate surface area is 68.2 Å². The second kappa shape index (κ2) is 3.35. The summed E-state index contributed by atoms with van der Waals surface area (Å²) in [5, 5.41) is 0. The van der Waals surface area contributed by atoms with Crippen LogP contribution in [0.3, 0.4) is 0 Å². The van der Waals surface area contributed by atoms with Crippen LogP contribution in [-0.4, -0.2) is 11.8 Å². The minimum absolute atomic E-state index is 0.226. The Bertz CT molecular complexity index is 150. The Balaban J connectivity index is 2.26. The van der Waals surface area contributed by atoms with Crippen LogP contribution < -0.4 is 5.73 Å². The van der Waals surface area contributed by atoms with Crippen LogP contribution in [0.2, 0.25) is 0 Å². The Morgan fingerprint density at radius 3 is 2.45 bits per heavy atom. The fraction of sp³-hybridized carbons (Fsp3) is 0.889. The van der Waals surface area contributed by atoms with Gasteiger partial charge < -0.3 is 5.73 Å². The number of carbonyl (C=O) groups excluding carboxylic acids is 1. The molecule has 0 saturated heterocycles. The first-order valence-electron chi connectivity index (χ1n) is 4.39. The number of ketones is 1. The van der Waals surface area contributed by atoms with Gasteiger partial charge in [0, 0.05) is 6.42 Å². The lowest BCUT2D eigenvalue weighted by atomic mass is 9.98. The van der Waals surface area contributed by atoms with Crippen molar-refractivity contribution in [2.24, 2.45) is 17.6 Å². The molecule has 0 aromatic heterocycles. The summed E-state index contributed by atoms with van der Waals surface area (Å²) in [6.45, 7) is 3.99. The molecule has 0 heterocycles. The predicted octanol–water partition coefficient (Wildman–Crippen LogP) is 1.34. The third-order valence-corrected chi connectivity index (χ3v) is 2.28. The quantitative estimate of drug-likeness (QED) is 0.665. The van der Waals surface area contributed by atoms with Gasteiger partial charge in [-0.1, -0.05) is 13.8 Å². The highest BCUT2D eigenvalue weighted by Gasteiger charge is 2.27. The van der Waals surface area contributed by atoms with Crippen LogP contribution in [0.5, 0.6) is 0 Å². The van der Waals surface area contributed by atoms with E-state index in [2.05, 4.69) is 0 Å². The van der Waals surface area contributed by atoms with E-state index in [1.165, 1.54) is 12.8 Å². The van der Waals surface area contributed by atoms with Gasteiger partial charge >= 0.3 is 0 Å². The smallest absolute Gasteiger partial charge is 0.150 e. The maximum absolute atomic E-state index is 11.3. The van der Waals surface area contributed by atoms with Gasteiger partial charge in [0.2, 0.25) is 0 Å². The minimum Gasteiger partial charge on any atom is -0.321 e. The zero-order chi connectivity index (χ0) is 8.43. The molecule has 64 valence electrons. The Morgan fingerprint density at radius 1 is 1.55 bits per heavy atom. The first kappa shape index (κ1) is 8.72. The number of nitrogens with two attached hydrogens (primary N) is 1. The molecule has 0 unspecified atom stereocenters. The molecule has 1 aliphatic carbocycles. The monoisotopic (exact) mass is 155 g/mol. The van der Waals surface area contributed by atoms with E-state index in [1.807, 2.05) is 13.8 Å². The third kappa shape index (κ3) is 2.62. The van der Waals surface area contributed by atoms with Gasteiger partial charge in [0.25, 0.3) is 0 Å². The molecular formula is C9H17NO. The highest BCUT2D eigenvalue weighted by molar-refractivity contribution is 5.84. The average molecular weight is 155 g/mol. The highest BCUT2D eigenvalue weighted by Crippen LogP contribution is 2.33. The van der Waals surface area contributed by atoms with Crippen LogP contribution in [0.25, 0.3) is 0 Å². The molecule has 0 amide bonds. The van der Waals surface area contributed by atoms with Gasteiger partial charge in [0.15, 0.2) is 0 Å². The van der Waals surface area contributed by atoms with Crippen molar-refractivity contribution < 1.29 is 4.79 Å². The van der Waals surface area contributed by atoms with Crippen molar-refractivity contribution in [1.82, 2.24) is 0 Å². The number of rotatable bonds is 4. The van der Waals surface area contributed by atoms with Crippen molar-refractivity contribution in [1.29, 1.82) is 0 Å². The third-order valence-electron chi connectivity index (χ3n) is 2.28. The van der Waals surface area contributed by atoms with Gasteiger partial charge in [-0.3, -0.25) is 4.79 Å². The van der Waals surface area contributed by atoms with Crippen molar-refractivity contribution >= 4 is 5.78 Å². The van der Waals surface area contributed by atoms with E-state index in [9.17, 15) is 4.79 Å². The average Bonchev–Trinajstić information content (AvgIpc) is 2.69. The van der Waals surface area contributed by atoms with Crippen LogP contribution in [0, 0.1) is 11.8 Å². The van der Waals surface area contributed by atoms with E-state index in [-0.39, 0.29) is 11.8 Å². The van der Waals surface area contributed by atoms with Gasteiger partial charge in [-0.25, -0.2) is 0 Å². The lowest BCUT2D eigenvalue weighted by Crippen LogP contribution is -2.35. The van der Waals surface area contributed by atoms with Gasteiger partial charge in [-0.2, -0.15) is 0 Å². The minimum atomic E-state index is -0.226. The van der Waals surface area contributed by atoms with E-state index in [1.54, 1.807) is 0 Å². The van der Waals surface area contributed by atoms with Crippen molar-refractivity contribution in [3.63, 3.8) is 0 Å². The Hall–Kier alpha value is -0.370. The summed E-state index contributed by atoms with van der Waals surface area (Å²) in [6.07, 6.45) is 3.19. The SMILES string of the molecule is CC(C)[C@@H](N)C(=O)CC1CC1. The van der Waals surface area contributed by atoms with Crippen LogP contribution in [0.1, 0.15) is 33.1 Å². The molecule has 0 radical (unpaired) electrons. The van der Waals surface area contributed by atoms with Gasteiger partial charge in [-0.15, -0.1) is 0 Å². The number of hydrogen-bond acceptors (Lipinski definition) is 2. The maximum Gasteiger partial charge on any atom is 0.150 e. The normalized spacial score (nSPS) is 20.4. The highest BCUT2D eigenvalue weighted by atomic mass is 16.1. The van der Waals surface area contributed by atoms with Crippen molar-refractivity contribution in [2.75, 3.05) is 0 Å². The first-order chi connectivity index (χ1) is 5.11. The summed E-state index contributed by atoms with van der Waals surface area (Å²) in [5.74, 6) is 1.22. The number of Topliss-reactive ketones (excluding diaryl/α,β-unsaturated/α-hetero) is 1. The maximum atomic E-state index is 11.3. The molecule has 2 nitrogen and oxygen atoms in total. The molecule has 11 heavy (non-hydrogen) atoms. The number of hydrogen-bond donors (Lipinski definition) is 1. The molecular weight excluding hydrogens is 138 g/mol. The molecule has 2 heteroatoms. The van der Waals surface area contributed by atoms with Gasteiger partial charge in [0.1, 0.15) is 5.78 Å². The lowest BCUT2D eigenvalue weighted by molar-refractivity contribution is -0.121. The standard InChI is InChI=1S/C9H17NO/c1-6(2)9(10)8(11)5-7-3-4-7/h6-7,9H,3-5,10H2,1-2H3/t9-/m1/s1. The predicted molar refractivity (Wildman–Crippen MR) is 45.2 cm³/mol. The van der Waals surface area contributed by atoms with Crippen LogP contribution in [0.4, 0.5) is 0 Å². The zero-order valence-corrected chi connectivity index (χ0v) is 7.34. The fourth-order valence-electron chi connectivity index (χ4n) is 1.11. The van der Waals surface area contributed by atoms with E-state index in [0.29, 0.717) is 11.8 Å². The first-order valence-corrected chi connectivity index (χ1v) is 4.39. The lowest BCUT2D eigenvalue weighted by Gasteiger charge is -2.13. The topological polar surface area (TPSA) is 43.1 Å². The molecule has 1 rings (SSSR count). The fourth-order valence-corrected chi connectivity index (χ4v) is 1.11. The molecule has 1 atom stereocenters. The molecule has 1 aliphatic rings. The van der Waals surface area contributed by atoms with Crippen LogP contribution in [0.15, 0.2) is 0 Å². The number of carbonyl (C=O) groups is 1. The second-order valence-corrected chi connectivity index (χ2v) is 3.88. The molecule has 0 aromatic carbocycles. The molecule has 1 fully saturated rings. The molecule has 0 bridgehead atoms. The van der Waals surface area contributed by atoms with E-state index in [0.717, 1.165) is 6.42 Å². The van der Waals surface area contributed by atoms with E-state index < -0.39 is 0 Å². The molecule has 2 N–H and O–H groups in total. The van der Waals surface area contributed by atoms with Crippen LogP contribution >= 0.6 is 0 Å². The summed E-state index contributed by atoms with van der Waals surface area (Å²) in [5.41, 5.74) is 5.69. The van der Waals surface area contributed by atoms with Crippen LogP contribution in [-0.2, 0) is 4.79 Å². The summed E-state index contributed by atoms with van der Waals surface area (Å²) in [7, 11) is 0. The van der Waals surface area contributed by atoms with Crippen molar-refractivity contribution in [2.45, 2.75) is 39.2 Å². The zero-order valence-electron chi connectivity index (χ0n) is 7.34. The largest absolute Gasteiger partial charge is 0.321 e. The molecule has 0 aliphatic heterocycles. The molecule has 0 aromatic rings. The van der Waals surface area contributed by atoms with E-state index >= 15 is 0 Å². The molecule has 0 spiro atoms. The Morgan fingerprint density at radius 2 is 2.09 bits per heavy atom. The summed E-state index contributed by atoms with van der Waals surface area (Å²) < 4.78 is 0. The van der Waals surface area contributed by atoms with E-state index in [4.69, 9.17) is 5.73 Å².